The highest BCUT2D eigenvalue weighted by Crippen LogP contribution is 2.09. The van der Waals surface area contributed by atoms with E-state index in [0.29, 0.717) is 25.8 Å². The third-order valence-corrected chi connectivity index (χ3v) is 5.10. The molecular formula is C18H35N5O6S. The number of aliphatic carboxylic acids is 1. The molecule has 0 aromatic carbocycles. The van der Waals surface area contributed by atoms with Crippen LogP contribution >= 0.6 is 12.6 Å². The van der Waals surface area contributed by atoms with Crippen molar-refractivity contribution in [3.8, 4) is 0 Å². The minimum Gasteiger partial charge on any atom is -0.480 e. The first-order chi connectivity index (χ1) is 14.1. The first-order valence-corrected chi connectivity index (χ1v) is 10.6. The molecule has 0 aliphatic rings. The molecule has 0 bridgehead atoms. The fraction of sp³-hybridized carbons (Fsp3) is 0.778. The maximum atomic E-state index is 12.7. The Morgan fingerprint density at radius 1 is 1.00 bits per heavy atom. The first kappa shape index (κ1) is 28.1. The van der Waals surface area contributed by atoms with Gasteiger partial charge in [-0.05, 0) is 31.7 Å². The van der Waals surface area contributed by atoms with E-state index in [0.717, 1.165) is 0 Å². The average molecular weight is 450 g/mol. The van der Waals surface area contributed by atoms with Gasteiger partial charge in [-0.3, -0.25) is 14.4 Å². The molecule has 0 aromatic rings. The van der Waals surface area contributed by atoms with Crippen molar-refractivity contribution in [2.24, 2.45) is 17.4 Å². The van der Waals surface area contributed by atoms with Gasteiger partial charge in [0.2, 0.25) is 17.7 Å². The monoisotopic (exact) mass is 449 g/mol. The van der Waals surface area contributed by atoms with Gasteiger partial charge in [-0.25, -0.2) is 4.79 Å². The number of rotatable bonds is 15. The molecule has 11 nitrogen and oxygen atoms in total. The maximum absolute atomic E-state index is 12.7. The Morgan fingerprint density at radius 3 is 2.07 bits per heavy atom. The number of carbonyl (C=O) groups excluding carboxylic acids is 3. The predicted octanol–water partition coefficient (Wildman–Crippen LogP) is -2.05. The maximum Gasteiger partial charge on any atom is 0.326 e. The van der Waals surface area contributed by atoms with Crippen LogP contribution in [-0.2, 0) is 19.2 Å². The molecule has 9 N–H and O–H groups in total. The summed E-state index contributed by atoms with van der Waals surface area (Å²) in [6.07, 6.45) is 1.81. The van der Waals surface area contributed by atoms with E-state index in [9.17, 15) is 29.4 Å². The summed E-state index contributed by atoms with van der Waals surface area (Å²) in [6.45, 7) is 3.21. The standard InChI is InChI=1S/C18H35N5O6S/c1-3-10(2)14(23-15(25)11(20)9-30)17(27)22-13(8-24)16(26)21-12(18(28)29)6-4-5-7-19/h10-14,24,30H,3-9,19-20H2,1-2H3,(H,21,26)(H,22,27)(H,23,25)(H,28,29). The fourth-order valence-corrected chi connectivity index (χ4v) is 2.69. The zero-order valence-electron chi connectivity index (χ0n) is 17.5. The topological polar surface area (TPSA) is 197 Å². The highest BCUT2D eigenvalue weighted by Gasteiger charge is 2.31. The summed E-state index contributed by atoms with van der Waals surface area (Å²) in [5.41, 5.74) is 11.0. The number of hydrogen-bond donors (Lipinski definition) is 8. The molecule has 0 radical (unpaired) electrons. The molecule has 0 heterocycles. The van der Waals surface area contributed by atoms with Crippen LogP contribution in [-0.4, -0.2) is 77.0 Å². The second-order valence-electron chi connectivity index (χ2n) is 7.09. The lowest BCUT2D eigenvalue weighted by Gasteiger charge is -2.27. The number of carboxylic acids is 1. The smallest absolute Gasteiger partial charge is 0.326 e. The number of thiol groups is 1. The molecule has 0 aromatic heterocycles. The van der Waals surface area contributed by atoms with Gasteiger partial charge >= 0.3 is 5.97 Å². The van der Waals surface area contributed by atoms with Gasteiger partial charge in [-0.15, -0.1) is 0 Å². The number of unbranched alkanes of at least 4 members (excludes halogenated alkanes) is 1. The van der Waals surface area contributed by atoms with Crippen molar-refractivity contribution < 1.29 is 29.4 Å². The Bertz CT molecular complexity index is 579. The van der Waals surface area contributed by atoms with Crippen LogP contribution in [0, 0.1) is 5.92 Å². The SMILES string of the molecule is CCC(C)C(NC(=O)C(N)CS)C(=O)NC(CO)C(=O)NC(CCCCN)C(=O)O. The number of amides is 3. The first-order valence-electron chi connectivity index (χ1n) is 9.94. The zero-order chi connectivity index (χ0) is 23.3. The molecule has 3 amide bonds. The van der Waals surface area contributed by atoms with E-state index in [1.54, 1.807) is 6.92 Å². The normalized spacial score (nSPS) is 15.9. The van der Waals surface area contributed by atoms with Crippen LogP contribution in [0.15, 0.2) is 0 Å². The molecule has 30 heavy (non-hydrogen) atoms. The molecule has 0 fully saturated rings. The van der Waals surface area contributed by atoms with E-state index < -0.39 is 54.5 Å². The van der Waals surface area contributed by atoms with E-state index in [2.05, 4.69) is 28.6 Å². The van der Waals surface area contributed by atoms with Gasteiger partial charge < -0.3 is 37.6 Å². The highest BCUT2D eigenvalue weighted by atomic mass is 32.1. The van der Waals surface area contributed by atoms with Crippen molar-refractivity contribution in [1.29, 1.82) is 0 Å². The van der Waals surface area contributed by atoms with Crippen molar-refractivity contribution >= 4 is 36.3 Å². The fourth-order valence-electron chi connectivity index (χ4n) is 2.52. The number of carbonyl (C=O) groups is 4. The zero-order valence-corrected chi connectivity index (χ0v) is 18.4. The molecule has 12 heteroatoms. The number of hydrogen-bond acceptors (Lipinski definition) is 8. The van der Waals surface area contributed by atoms with Gasteiger partial charge in [0.15, 0.2) is 0 Å². The lowest BCUT2D eigenvalue weighted by Crippen LogP contribution is -2.59. The third-order valence-electron chi connectivity index (χ3n) is 4.70. The molecule has 174 valence electrons. The number of aliphatic hydroxyl groups excluding tert-OH is 1. The Balaban J connectivity index is 5.17. The van der Waals surface area contributed by atoms with Crippen molar-refractivity contribution in [2.45, 2.75) is 63.7 Å². The summed E-state index contributed by atoms with van der Waals surface area (Å²) in [5, 5.41) is 26.0. The van der Waals surface area contributed by atoms with E-state index >= 15 is 0 Å². The van der Waals surface area contributed by atoms with Crippen molar-refractivity contribution in [3.05, 3.63) is 0 Å². The molecule has 0 aliphatic carbocycles. The van der Waals surface area contributed by atoms with Crippen LogP contribution in [0.2, 0.25) is 0 Å². The average Bonchev–Trinajstić information content (AvgIpc) is 2.73. The van der Waals surface area contributed by atoms with E-state index in [1.807, 2.05) is 6.92 Å². The quantitative estimate of drug-likeness (QED) is 0.103. The molecule has 5 unspecified atom stereocenters. The third kappa shape index (κ3) is 9.74. The van der Waals surface area contributed by atoms with E-state index in [4.69, 9.17) is 11.5 Å². The van der Waals surface area contributed by atoms with Crippen molar-refractivity contribution in [2.75, 3.05) is 18.9 Å². The van der Waals surface area contributed by atoms with Crippen molar-refractivity contribution in [1.82, 2.24) is 16.0 Å². The Hall–Kier alpha value is -1.89. The number of nitrogens with two attached hydrogens (primary N) is 2. The van der Waals surface area contributed by atoms with Crippen LogP contribution in [0.25, 0.3) is 0 Å². The van der Waals surface area contributed by atoms with Gasteiger partial charge in [-0.2, -0.15) is 12.6 Å². The summed E-state index contributed by atoms with van der Waals surface area (Å²) in [7, 11) is 0. The Kier molecular flexibility index (Phi) is 14.0. The Morgan fingerprint density at radius 2 is 1.60 bits per heavy atom. The molecule has 0 aliphatic heterocycles. The van der Waals surface area contributed by atoms with Gasteiger partial charge in [0.05, 0.1) is 12.6 Å². The number of carboxylic acid groups (broad SMARTS) is 1. The van der Waals surface area contributed by atoms with Gasteiger partial charge in [-0.1, -0.05) is 20.3 Å². The second kappa shape index (κ2) is 15.0. The van der Waals surface area contributed by atoms with Crippen LogP contribution < -0.4 is 27.4 Å². The second-order valence-corrected chi connectivity index (χ2v) is 7.45. The van der Waals surface area contributed by atoms with Crippen LogP contribution in [0.4, 0.5) is 0 Å². The van der Waals surface area contributed by atoms with Crippen LogP contribution in [0.3, 0.4) is 0 Å². The molecule has 5 atom stereocenters. The number of aliphatic hydroxyl groups is 1. The molecule has 0 spiro atoms. The van der Waals surface area contributed by atoms with Gasteiger partial charge in [0, 0.05) is 5.75 Å². The minimum atomic E-state index is -1.38. The molecule has 0 rings (SSSR count). The molecular weight excluding hydrogens is 414 g/mol. The lowest BCUT2D eigenvalue weighted by molar-refractivity contribution is -0.143. The largest absolute Gasteiger partial charge is 0.480 e. The van der Waals surface area contributed by atoms with Gasteiger partial charge in [0.1, 0.15) is 18.1 Å². The highest BCUT2D eigenvalue weighted by molar-refractivity contribution is 7.80. The summed E-state index contributed by atoms with van der Waals surface area (Å²) in [5.74, 6) is -3.52. The Labute approximate surface area is 182 Å². The van der Waals surface area contributed by atoms with Gasteiger partial charge in [0.25, 0.3) is 0 Å². The molecule has 0 saturated carbocycles. The van der Waals surface area contributed by atoms with Crippen LogP contribution in [0.5, 0.6) is 0 Å². The summed E-state index contributed by atoms with van der Waals surface area (Å²) in [6, 6.07) is -4.45. The van der Waals surface area contributed by atoms with E-state index in [-0.39, 0.29) is 18.1 Å². The number of nitrogens with one attached hydrogen (secondary N) is 3. The summed E-state index contributed by atoms with van der Waals surface area (Å²) >= 11 is 3.95. The van der Waals surface area contributed by atoms with Crippen LogP contribution in [0.1, 0.15) is 39.5 Å². The minimum absolute atomic E-state index is 0.0864. The predicted molar refractivity (Wildman–Crippen MR) is 115 cm³/mol. The summed E-state index contributed by atoms with van der Waals surface area (Å²) in [4.78, 5) is 48.5. The summed E-state index contributed by atoms with van der Waals surface area (Å²) < 4.78 is 0. The van der Waals surface area contributed by atoms with Crippen molar-refractivity contribution in [3.63, 3.8) is 0 Å². The van der Waals surface area contributed by atoms with E-state index in [1.165, 1.54) is 0 Å². The molecule has 0 saturated heterocycles. The lowest BCUT2D eigenvalue weighted by atomic mass is 9.97.